The maximum absolute atomic E-state index is 12.3. The topological polar surface area (TPSA) is 44.8 Å². The summed E-state index contributed by atoms with van der Waals surface area (Å²) in [6.45, 7) is 2.60. The van der Waals surface area contributed by atoms with Crippen molar-refractivity contribution in [1.29, 1.82) is 0 Å². The van der Waals surface area contributed by atoms with Gasteiger partial charge in [0.05, 0.1) is 13.2 Å². The zero-order chi connectivity index (χ0) is 14.2. The molecule has 0 aromatic rings. The zero-order valence-electron chi connectivity index (χ0n) is 10.1. The Kier molecular flexibility index (Phi) is 7.82. The first-order chi connectivity index (χ1) is 8.28. The molecule has 0 fully saturated rings. The second-order valence-corrected chi connectivity index (χ2v) is 4.47. The summed E-state index contributed by atoms with van der Waals surface area (Å²) in [5, 5.41) is 0. The molecule has 0 saturated heterocycles. The van der Waals surface area contributed by atoms with Crippen LogP contribution in [0.15, 0.2) is 0 Å². The van der Waals surface area contributed by atoms with Crippen molar-refractivity contribution in [2.75, 3.05) is 13.2 Å². The molecule has 0 spiro atoms. The van der Waals surface area contributed by atoms with Gasteiger partial charge in [-0.3, -0.25) is 4.52 Å². The third-order valence-corrected chi connectivity index (χ3v) is 2.35. The summed E-state index contributed by atoms with van der Waals surface area (Å²) in [6, 6.07) is 0. The van der Waals surface area contributed by atoms with Crippen molar-refractivity contribution in [2.24, 2.45) is 0 Å². The van der Waals surface area contributed by atoms with Crippen LogP contribution in [0, 0.1) is 24.7 Å². The molecule has 102 valence electrons. The lowest BCUT2D eigenvalue weighted by molar-refractivity contribution is -0.0289. The quantitative estimate of drug-likeness (QED) is 0.506. The van der Waals surface area contributed by atoms with Crippen LogP contribution >= 0.6 is 7.99 Å². The van der Waals surface area contributed by atoms with Crippen LogP contribution in [0.4, 0.5) is 8.39 Å². The third kappa shape index (κ3) is 9.15. The molecule has 2 unspecified atom stereocenters. The highest BCUT2D eigenvalue weighted by atomic mass is 31.2. The first-order valence-electron chi connectivity index (χ1n) is 5.11. The van der Waals surface area contributed by atoms with E-state index in [1.165, 1.54) is 0 Å². The Morgan fingerprint density at radius 3 is 1.78 bits per heavy atom. The van der Waals surface area contributed by atoms with Crippen molar-refractivity contribution in [3.63, 3.8) is 0 Å². The Morgan fingerprint density at radius 1 is 1.11 bits per heavy atom. The molecular weight excluding hydrogens is 265 g/mol. The van der Waals surface area contributed by atoms with Crippen molar-refractivity contribution >= 4 is 7.99 Å². The Hall–Kier alpha value is -0.910. The van der Waals surface area contributed by atoms with Crippen LogP contribution in [0.3, 0.4) is 0 Å². The summed E-state index contributed by atoms with van der Waals surface area (Å²) in [5.74, 6) is 4.50. The molecule has 0 aromatic carbocycles. The van der Waals surface area contributed by atoms with Crippen LogP contribution in [0.1, 0.15) is 13.8 Å². The second kappa shape index (κ2) is 8.24. The van der Waals surface area contributed by atoms with Crippen LogP contribution in [0.2, 0.25) is 0 Å². The summed E-state index contributed by atoms with van der Waals surface area (Å²) < 4.78 is 49.1. The highest BCUT2D eigenvalue weighted by Gasteiger charge is 2.27. The SMILES string of the molecule is C#CC(C)OCC(COC(C)C#C)OP(=O)(F)F. The number of terminal acetylenes is 2. The standard InChI is InChI=1S/C11H15F2O4P/c1-5-9(3)15-7-11(17-18(12,13)14)8-16-10(4)6-2/h1-2,9-11H,7-8H2,3-4H3. The fourth-order valence-corrected chi connectivity index (χ4v) is 1.35. The predicted octanol–water partition coefficient (Wildman–Crippen LogP) is 2.50. The van der Waals surface area contributed by atoms with E-state index in [0.29, 0.717) is 0 Å². The fourth-order valence-electron chi connectivity index (χ4n) is 0.882. The monoisotopic (exact) mass is 280 g/mol. The summed E-state index contributed by atoms with van der Waals surface area (Å²) in [4.78, 5) is 0. The molecule has 0 rings (SSSR count). The van der Waals surface area contributed by atoms with E-state index in [0.717, 1.165) is 0 Å². The Bertz CT molecular complexity index is 344. The average molecular weight is 280 g/mol. The molecule has 18 heavy (non-hydrogen) atoms. The Labute approximate surface area is 106 Å². The van der Waals surface area contributed by atoms with E-state index in [1.807, 2.05) is 0 Å². The van der Waals surface area contributed by atoms with Crippen LogP contribution in [0.5, 0.6) is 0 Å². The maximum Gasteiger partial charge on any atom is 0.552 e. The van der Waals surface area contributed by atoms with E-state index < -0.39 is 26.3 Å². The van der Waals surface area contributed by atoms with Gasteiger partial charge in [-0.05, 0) is 13.8 Å². The molecule has 0 saturated carbocycles. The van der Waals surface area contributed by atoms with E-state index in [9.17, 15) is 13.0 Å². The van der Waals surface area contributed by atoms with Gasteiger partial charge >= 0.3 is 7.99 Å². The first-order valence-corrected chi connectivity index (χ1v) is 6.52. The molecule has 0 aliphatic carbocycles. The minimum atomic E-state index is -5.62. The van der Waals surface area contributed by atoms with E-state index in [-0.39, 0.29) is 13.2 Å². The normalized spacial score (nSPS) is 16.3. The van der Waals surface area contributed by atoms with Gasteiger partial charge in [0.2, 0.25) is 0 Å². The van der Waals surface area contributed by atoms with Gasteiger partial charge in [-0.2, -0.15) is 0 Å². The molecule has 7 heteroatoms. The van der Waals surface area contributed by atoms with E-state index in [1.54, 1.807) is 13.8 Å². The fraction of sp³-hybridized carbons (Fsp3) is 0.636. The lowest BCUT2D eigenvalue weighted by Crippen LogP contribution is -2.27. The Balaban J connectivity index is 4.31. The van der Waals surface area contributed by atoms with Crippen molar-refractivity contribution in [1.82, 2.24) is 0 Å². The number of hydrogen-bond acceptors (Lipinski definition) is 4. The molecule has 0 amide bonds. The minimum absolute atomic E-state index is 0.263. The highest BCUT2D eigenvalue weighted by Crippen LogP contribution is 2.51. The van der Waals surface area contributed by atoms with E-state index in [4.69, 9.17) is 22.3 Å². The van der Waals surface area contributed by atoms with Gasteiger partial charge in [-0.1, -0.05) is 11.8 Å². The van der Waals surface area contributed by atoms with E-state index in [2.05, 4.69) is 16.4 Å². The summed E-state index contributed by atoms with van der Waals surface area (Å²) in [5.41, 5.74) is 0. The molecule has 0 N–H and O–H groups in total. The molecule has 0 aromatic heterocycles. The largest absolute Gasteiger partial charge is 0.552 e. The lowest BCUT2D eigenvalue weighted by Gasteiger charge is -2.19. The third-order valence-electron chi connectivity index (χ3n) is 1.81. The molecule has 4 nitrogen and oxygen atoms in total. The van der Waals surface area contributed by atoms with Gasteiger partial charge in [0.1, 0.15) is 18.3 Å². The van der Waals surface area contributed by atoms with Gasteiger partial charge in [-0.15, -0.1) is 21.2 Å². The summed E-state index contributed by atoms with van der Waals surface area (Å²) in [6.07, 6.45) is 7.77. The number of rotatable bonds is 8. The second-order valence-electron chi connectivity index (χ2n) is 3.43. The molecule has 2 atom stereocenters. The van der Waals surface area contributed by atoms with E-state index >= 15 is 0 Å². The van der Waals surface area contributed by atoms with Gasteiger partial charge in [0.15, 0.2) is 0 Å². The number of hydrogen-bond donors (Lipinski definition) is 0. The highest BCUT2D eigenvalue weighted by molar-refractivity contribution is 7.47. The van der Waals surface area contributed by atoms with Gasteiger partial charge in [0, 0.05) is 0 Å². The maximum atomic E-state index is 12.3. The summed E-state index contributed by atoms with van der Waals surface area (Å²) in [7, 11) is -5.62. The molecular formula is C11H15F2O4P. The molecule has 0 radical (unpaired) electrons. The van der Waals surface area contributed by atoms with Crippen LogP contribution in [0.25, 0.3) is 0 Å². The first kappa shape index (κ1) is 17.1. The predicted molar refractivity (Wildman–Crippen MR) is 63.2 cm³/mol. The minimum Gasteiger partial charge on any atom is -0.363 e. The van der Waals surface area contributed by atoms with Crippen molar-refractivity contribution in [3.05, 3.63) is 0 Å². The smallest absolute Gasteiger partial charge is 0.363 e. The van der Waals surface area contributed by atoms with Crippen molar-refractivity contribution in [2.45, 2.75) is 32.2 Å². The van der Waals surface area contributed by atoms with Crippen molar-refractivity contribution < 1.29 is 27.0 Å². The molecule has 0 aliphatic heterocycles. The van der Waals surface area contributed by atoms with Crippen LogP contribution < -0.4 is 0 Å². The van der Waals surface area contributed by atoms with Gasteiger partial charge in [-0.25, -0.2) is 4.57 Å². The van der Waals surface area contributed by atoms with Gasteiger partial charge < -0.3 is 9.47 Å². The van der Waals surface area contributed by atoms with Gasteiger partial charge in [0.25, 0.3) is 0 Å². The molecule has 0 bridgehead atoms. The molecule has 0 heterocycles. The molecule has 0 aliphatic rings. The average Bonchev–Trinajstić information content (AvgIpc) is 2.29. The zero-order valence-corrected chi connectivity index (χ0v) is 11.0. The lowest BCUT2D eigenvalue weighted by atomic mass is 10.3. The number of ether oxygens (including phenoxy) is 2. The summed E-state index contributed by atoms with van der Waals surface area (Å²) >= 11 is 0. The van der Waals surface area contributed by atoms with Crippen molar-refractivity contribution in [3.8, 4) is 24.7 Å². The van der Waals surface area contributed by atoms with Crippen LogP contribution in [-0.2, 0) is 18.6 Å². The Morgan fingerprint density at radius 2 is 1.50 bits per heavy atom. The van der Waals surface area contributed by atoms with Crippen LogP contribution in [-0.4, -0.2) is 31.5 Å². The number of halogens is 2.